The molecule has 2 heterocycles. The first kappa shape index (κ1) is 24.5. The molecule has 0 saturated carbocycles. The van der Waals surface area contributed by atoms with E-state index in [2.05, 4.69) is 17.6 Å². The maximum Gasteiger partial charge on any atom is 0.413 e. The smallest absolute Gasteiger partial charge is 0.410 e. The molecule has 0 bridgehead atoms. The number of carbonyl (C=O) groups excluding carboxylic acids is 2. The molecule has 2 aromatic carbocycles. The van der Waals surface area contributed by atoms with Crippen LogP contribution in [0.25, 0.3) is 0 Å². The summed E-state index contributed by atoms with van der Waals surface area (Å²) >= 11 is 6.32. The molecule has 0 radical (unpaired) electrons. The molecule has 2 aliphatic heterocycles. The second-order valence-corrected chi connectivity index (χ2v) is 9.77. The Labute approximate surface area is 204 Å². The molecule has 34 heavy (non-hydrogen) atoms. The van der Waals surface area contributed by atoms with E-state index in [9.17, 15) is 14.0 Å². The van der Waals surface area contributed by atoms with Crippen LogP contribution in [-0.2, 0) is 4.79 Å². The summed E-state index contributed by atoms with van der Waals surface area (Å²) in [6.45, 7) is 7.21. The van der Waals surface area contributed by atoms with Crippen molar-refractivity contribution < 1.29 is 18.7 Å². The Hall–Kier alpha value is -2.64. The van der Waals surface area contributed by atoms with E-state index in [0.29, 0.717) is 11.6 Å². The van der Waals surface area contributed by atoms with E-state index >= 15 is 0 Å². The van der Waals surface area contributed by atoms with Crippen LogP contribution in [0, 0.1) is 17.7 Å². The summed E-state index contributed by atoms with van der Waals surface area (Å²) in [5.41, 5.74) is 1.98. The van der Waals surface area contributed by atoms with Crippen molar-refractivity contribution in [3.8, 4) is 5.75 Å². The summed E-state index contributed by atoms with van der Waals surface area (Å²) in [6.07, 6.45) is 1.14. The number of likely N-dealkylation sites (tertiary alicyclic amines) is 1. The standard InChI is InChI=1S/C26H31ClFN3O3/c1-16-14-31(25(32)18-9-11-29-12-10-18)15-24(16)22-8-3-19(27)13-23(22)17(2)30-26(33)34-21-6-4-20(28)5-7-21/h3-8,13,16-18,24,29H,9-12,14-15H2,1-2H3,(H,30,33). The minimum absolute atomic E-state index is 0.0960. The van der Waals surface area contributed by atoms with Gasteiger partial charge in [-0.05, 0) is 86.3 Å². The Bertz CT molecular complexity index is 1030. The highest BCUT2D eigenvalue weighted by atomic mass is 35.5. The van der Waals surface area contributed by atoms with Crippen molar-refractivity contribution in [2.75, 3.05) is 26.2 Å². The zero-order chi connectivity index (χ0) is 24.2. The molecule has 0 aliphatic carbocycles. The molecule has 0 aromatic heterocycles. The molecule has 2 N–H and O–H groups in total. The van der Waals surface area contributed by atoms with Crippen molar-refractivity contribution in [1.82, 2.24) is 15.5 Å². The van der Waals surface area contributed by atoms with E-state index in [-0.39, 0.29) is 35.5 Å². The zero-order valence-corrected chi connectivity index (χ0v) is 20.3. The molecular weight excluding hydrogens is 457 g/mol. The van der Waals surface area contributed by atoms with E-state index in [1.54, 1.807) is 0 Å². The van der Waals surface area contributed by atoms with Crippen LogP contribution in [0.1, 0.15) is 49.8 Å². The SMILES string of the molecule is CC(NC(=O)Oc1ccc(F)cc1)c1cc(Cl)ccc1C1CN(C(=O)C2CCNCC2)CC1C. The van der Waals surface area contributed by atoms with E-state index in [1.807, 2.05) is 30.0 Å². The molecule has 2 saturated heterocycles. The number of hydrogen-bond acceptors (Lipinski definition) is 4. The third-order valence-corrected chi connectivity index (χ3v) is 7.12. The fraction of sp³-hybridized carbons (Fsp3) is 0.462. The maximum absolute atomic E-state index is 13.1. The number of ether oxygens (including phenoxy) is 1. The highest BCUT2D eigenvalue weighted by molar-refractivity contribution is 6.30. The maximum atomic E-state index is 13.1. The van der Waals surface area contributed by atoms with Crippen LogP contribution < -0.4 is 15.4 Å². The Morgan fingerprint density at radius 1 is 1.15 bits per heavy atom. The molecule has 3 unspecified atom stereocenters. The predicted octanol–water partition coefficient (Wildman–Crippen LogP) is 4.89. The number of piperidine rings is 1. The number of benzene rings is 2. The Morgan fingerprint density at radius 3 is 2.56 bits per heavy atom. The molecule has 2 aliphatic rings. The summed E-state index contributed by atoms with van der Waals surface area (Å²) in [5, 5.41) is 6.74. The number of nitrogens with zero attached hydrogens (tertiary/aromatic N) is 1. The van der Waals surface area contributed by atoms with Crippen LogP contribution in [-0.4, -0.2) is 43.1 Å². The lowest BCUT2D eigenvalue weighted by Gasteiger charge is -2.27. The minimum Gasteiger partial charge on any atom is -0.410 e. The molecule has 2 fully saturated rings. The highest BCUT2D eigenvalue weighted by Gasteiger charge is 2.37. The van der Waals surface area contributed by atoms with Gasteiger partial charge in [-0.15, -0.1) is 0 Å². The summed E-state index contributed by atoms with van der Waals surface area (Å²) < 4.78 is 18.4. The van der Waals surface area contributed by atoms with E-state index in [0.717, 1.165) is 43.6 Å². The van der Waals surface area contributed by atoms with Gasteiger partial charge in [0.2, 0.25) is 5.91 Å². The van der Waals surface area contributed by atoms with Gasteiger partial charge in [0.15, 0.2) is 0 Å². The topological polar surface area (TPSA) is 70.7 Å². The van der Waals surface area contributed by atoms with E-state index in [4.69, 9.17) is 16.3 Å². The molecule has 0 spiro atoms. The molecule has 6 nitrogen and oxygen atoms in total. The van der Waals surface area contributed by atoms with Gasteiger partial charge in [0.1, 0.15) is 11.6 Å². The van der Waals surface area contributed by atoms with Crippen LogP contribution in [0.2, 0.25) is 5.02 Å². The van der Waals surface area contributed by atoms with Crippen LogP contribution in [0.4, 0.5) is 9.18 Å². The van der Waals surface area contributed by atoms with Gasteiger partial charge < -0.3 is 20.3 Å². The lowest BCUT2D eigenvalue weighted by molar-refractivity contribution is -0.135. The van der Waals surface area contributed by atoms with Gasteiger partial charge in [-0.1, -0.05) is 24.6 Å². The van der Waals surface area contributed by atoms with Gasteiger partial charge in [0, 0.05) is 29.9 Å². The van der Waals surface area contributed by atoms with Crippen molar-refractivity contribution in [1.29, 1.82) is 0 Å². The number of amides is 2. The van der Waals surface area contributed by atoms with Gasteiger partial charge in [-0.2, -0.15) is 0 Å². The van der Waals surface area contributed by atoms with Crippen LogP contribution in [0.5, 0.6) is 5.75 Å². The quantitative estimate of drug-likeness (QED) is 0.630. The highest BCUT2D eigenvalue weighted by Crippen LogP contribution is 2.38. The van der Waals surface area contributed by atoms with Crippen molar-refractivity contribution >= 4 is 23.6 Å². The van der Waals surface area contributed by atoms with Gasteiger partial charge in [-0.3, -0.25) is 4.79 Å². The predicted molar refractivity (Wildman–Crippen MR) is 130 cm³/mol. The normalized spacial score (nSPS) is 21.8. The summed E-state index contributed by atoms with van der Waals surface area (Å²) in [5.74, 6) is 0.635. The Kier molecular flexibility index (Phi) is 7.73. The van der Waals surface area contributed by atoms with Gasteiger partial charge in [-0.25, -0.2) is 9.18 Å². The number of rotatable bonds is 5. The Balaban J connectivity index is 1.47. The average molecular weight is 488 g/mol. The number of halogens is 2. The summed E-state index contributed by atoms with van der Waals surface area (Å²) in [7, 11) is 0. The van der Waals surface area contributed by atoms with Crippen LogP contribution in [0.3, 0.4) is 0 Å². The molecule has 3 atom stereocenters. The number of nitrogens with one attached hydrogen (secondary N) is 2. The van der Waals surface area contributed by atoms with Crippen molar-refractivity contribution in [3.63, 3.8) is 0 Å². The summed E-state index contributed by atoms with van der Waals surface area (Å²) in [6, 6.07) is 10.6. The first-order chi connectivity index (χ1) is 16.3. The van der Waals surface area contributed by atoms with Gasteiger partial charge in [0.05, 0.1) is 6.04 Å². The molecule has 2 amide bonds. The third kappa shape index (κ3) is 5.70. The third-order valence-electron chi connectivity index (χ3n) is 6.89. The lowest BCUT2D eigenvalue weighted by atomic mass is 9.85. The zero-order valence-electron chi connectivity index (χ0n) is 19.5. The van der Waals surface area contributed by atoms with Gasteiger partial charge in [0.25, 0.3) is 0 Å². The minimum atomic E-state index is -0.632. The van der Waals surface area contributed by atoms with Crippen LogP contribution in [0.15, 0.2) is 42.5 Å². The van der Waals surface area contributed by atoms with Crippen LogP contribution >= 0.6 is 11.6 Å². The van der Waals surface area contributed by atoms with E-state index in [1.165, 1.54) is 24.3 Å². The van der Waals surface area contributed by atoms with E-state index < -0.39 is 11.9 Å². The van der Waals surface area contributed by atoms with Crippen molar-refractivity contribution in [2.45, 2.75) is 38.6 Å². The van der Waals surface area contributed by atoms with Crippen molar-refractivity contribution in [3.05, 3.63) is 64.4 Å². The fourth-order valence-corrected chi connectivity index (χ4v) is 5.21. The molecule has 4 rings (SSSR count). The number of hydrogen-bond donors (Lipinski definition) is 2. The summed E-state index contributed by atoms with van der Waals surface area (Å²) in [4.78, 5) is 27.6. The molecular formula is C26H31ClFN3O3. The lowest BCUT2D eigenvalue weighted by Crippen LogP contribution is -2.40. The van der Waals surface area contributed by atoms with Crippen molar-refractivity contribution in [2.24, 2.45) is 11.8 Å². The first-order valence-electron chi connectivity index (χ1n) is 11.8. The largest absolute Gasteiger partial charge is 0.413 e. The monoisotopic (exact) mass is 487 g/mol. The second-order valence-electron chi connectivity index (χ2n) is 9.33. The Morgan fingerprint density at radius 2 is 1.85 bits per heavy atom. The molecule has 8 heteroatoms. The van der Waals surface area contributed by atoms with Gasteiger partial charge >= 0.3 is 6.09 Å². The first-order valence-corrected chi connectivity index (χ1v) is 12.2. The average Bonchev–Trinajstić information content (AvgIpc) is 3.21. The fourth-order valence-electron chi connectivity index (χ4n) is 5.03. The number of carbonyl (C=O) groups is 2. The molecule has 182 valence electrons. The molecule has 2 aromatic rings. The second kappa shape index (κ2) is 10.7.